The van der Waals surface area contributed by atoms with Gasteiger partial charge in [0, 0.05) is 12.5 Å². The quantitative estimate of drug-likeness (QED) is 0.672. The molecule has 0 fully saturated rings. The van der Waals surface area contributed by atoms with Gasteiger partial charge >= 0.3 is 10.1 Å². The Labute approximate surface area is 151 Å². The van der Waals surface area contributed by atoms with Crippen LogP contribution >= 0.6 is 11.6 Å². The minimum absolute atomic E-state index is 0.0224. The Kier molecular flexibility index (Phi) is 4.97. The van der Waals surface area contributed by atoms with Crippen LogP contribution in [0.5, 0.6) is 11.5 Å². The molecule has 6 heteroatoms. The Morgan fingerprint density at radius 1 is 0.920 bits per heavy atom. The molecule has 4 nitrogen and oxygen atoms in total. The van der Waals surface area contributed by atoms with Crippen LogP contribution in [0.4, 0.5) is 0 Å². The van der Waals surface area contributed by atoms with Crippen molar-refractivity contribution in [3.8, 4) is 11.5 Å². The van der Waals surface area contributed by atoms with Crippen molar-refractivity contribution in [2.75, 3.05) is 0 Å². The summed E-state index contributed by atoms with van der Waals surface area (Å²) in [7, 11) is -4.08. The smallest absolute Gasteiger partial charge is 0.340 e. The molecule has 0 amide bonds. The zero-order valence-electron chi connectivity index (χ0n) is 13.1. The largest absolute Gasteiger partial charge is 0.508 e. The van der Waals surface area contributed by atoms with Crippen LogP contribution in [-0.2, 0) is 16.5 Å². The van der Waals surface area contributed by atoms with Gasteiger partial charge in [-0.2, -0.15) is 8.42 Å². The molecule has 0 saturated carbocycles. The number of phenols is 1. The predicted octanol–water partition coefficient (Wildman–Crippen LogP) is 4.40. The summed E-state index contributed by atoms with van der Waals surface area (Å²) in [6, 6.07) is 20.1. The second kappa shape index (κ2) is 7.17. The van der Waals surface area contributed by atoms with Gasteiger partial charge in [-0.25, -0.2) is 0 Å². The maximum atomic E-state index is 12.3. The Morgan fingerprint density at radius 2 is 1.60 bits per heavy atom. The molecule has 0 aromatic heterocycles. The molecule has 128 valence electrons. The van der Waals surface area contributed by atoms with E-state index in [1.165, 1.54) is 24.3 Å². The standard InChI is InChI=1S/C19H15ClO4S/c20-17-8-4-5-9-19(17)25(22,23)24-16-11-10-15(18(21)13-16)12-14-6-2-1-3-7-14/h1-11,13,21H,12H2. The minimum Gasteiger partial charge on any atom is -0.508 e. The fourth-order valence-electron chi connectivity index (χ4n) is 2.38. The lowest BCUT2D eigenvalue weighted by Gasteiger charge is -2.10. The van der Waals surface area contributed by atoms with E-state index in [9.17, 15) is 13.5 Å². The average molecular weight is 375 g/mol. The van der Waals surface area contributed by atoms with E-state index >= 15 is 0 Å². The van der Waals surface area contributed by atoms with E-state index in [2.05, 4.69) is 0 Å². The molecule has 3 rings (SSSR count). The number of hydrogen-bond donors (Lipinski definition) is 1. The molecule has 0 bridgehead atoms. The van der Waals surface area contributed by atoms with Gasteiger partial charge in [-0.15, -0.1) is 0 Å². The molecule has 0 unspecified atom stereocenters. The highest BCUT2D eigenvalue weighted by Gasteiger charge is 2.20. The van der Waals surface area contributed by atoms with Gasteiger partial charge in [0.15, 0.2) is 0 Å². The molecule has 0 aliphatic heterocycles. The predicted molar refractivity (Wildman–Crippen MR) is 96.6 cm³/mol. The molecule has 1 N–H and O–H groups in total. The first-order chi connectivity index (χ1) is 12.0. The normalized spacial score (nSPS) is 11.2. The van der Waals surface area contributed by atoms with Crippen LogP contribution in [0.15, 0.2) is 77.7 Å². The molecule has 0 spiro atoms. The van der Waals surface area contributed by atoms with E-state index < -0.39 is 10.1 Å². The third-order valence-electron chi connectivity index (χ3n) is 3.61. The molecular weight excluding hydrogens is 360 g/mol. The van der Waals surface area contributed by atoms with Gasteiger partial charge in [-0.3, -0.25) is 0 Å². The van der Waals surface area contributed by atoms with E-state index in [4.69, 9.17) is 15.8 Å². The molecule has 0 aliphatic rings. The number of rotatable bonds is 5. The highest BCUT2D eigenvalue weighted by Crippen LogP contribution is 2.29. The molecule has 25 heavy (non-hydrogen) atoms. The fourth-order valence-corrected chi connectivity index (χ4v) is 3.80. The number of hydrogen-bond acceptors (Lipinski definition) is 4. The van der Waals surface area contributed by atoms with Crippen LogP contribution < -0.4 is 4.18 Å². The van der Waals surface area contributed by atoms with Crippen molar-refractivity contribution in [1.29, 1.82) is 0 Å². The Balaban J connectivity index is 1.83. The van der Waals surface area contributed by atoms with Gasteiger partial charge in [0.05, 0.1) is 5.02 Å². The zero-order valence-corrected chi connectivity index (χ0v) is 14.7. The second-order valence-corrected chi connectivity index (χ2v) is 7.34. The lowest BCUT2D eigenvalue weighted by Crippen LogP contribution is -2.10. The fraction of sp³-hybridized carbons (Fsp3) is 0.0526. The first-order valence-electron chi connectivity index (χ1n) is 7.50. The van der Waals surface area contributed by atoms with Crippen molar-refractivity contribution < 1.29 is 17.7 Å². The molecule has 0 heterocycles. The number of phenolic OH excluding ortho intramolecular Hbond substituents is 1. The average Bonchev–Trinajstić information content (AvgIpc) is 2.58. The highest BCUT2D eigenvalue weighted by atomic mass is 35.5. The monoisotopic (exact) mass is 374 g/mol. The summed E-state index contributed by atoms with van der Waals surface area (Å²) < 4.78 is 29.7. The topological polar surface area (TPSA) is 63.6 Å². The summed E-state index contributed by atoms with van der Waals surface area (Å²) in [6.07, 6.45) is 0.532. The van der Waals surface area contributed by atoms with Gasteiger partial charge in [0.25, 0.3) is 0 Å². The van der Waals surface area contributed by atoms with Crippen LogP contribution in [0.2, 0.25) is 5.02 Å². The van der Waals surface area contributed by atoms with E-state index in [1.54, 1.807) is 18.2 Å². The minimum atomic E-state index is -4.08. The Morgan fingerprint density at radius 3 is 2.28 bits per heavy atom. The zero-order chi connectivity index (χ0) is 17.9. The van der Waals surface area contributed by atoms with Crippen LogP contribution in [-0.4, -0.2) is 13.5 Å². The van der Waals surface area contributed by atoms with Crippen LogP contribution in [0.3, 0.4) is 0 Å². The SMILES string of the molecule is O=S(=O)(Oc1ccc(Cc2ccccc2)c(O)c1)c1ccccc1Cl. The molecule has 3 aromatic rings. The molecule has 0 saturated heterocycles. The summed E-state index contributed by atoms with van der Waals surface area (Å²) in [5.74, 6) is -0.00931. The van der Waals surface area contributed by atoms with Crippen LogP contribution in [0.1, 0.15) is 11.1 Å². The lowest BCUT2D eigenvalue weighted by atomic mass is 10.0. The van der Waals surface area contributed by atoms with Crippen molar-refractivity contribution in [2.24, 2.45) is 0 Å². The summed E-state index contributed by atoms with van der Waals surface area (Å²) >= 11 is 5.91. The number of benzene rings is 3. The van der Waals surface area contributed by atoms with E-state index in [0.717, 1.165) is 5.56 Å². The van der Waals surface area contributed by atoms with Crippen LogP contribution in [0, 0.1) is 0 Å². The van der Waals surface area contributed by atoms with Gasteiger partial charge in [0.1, 0.15) is 16.4 Å². The maximum absolute atomic E-state index is 12.3. The molecule has 0 aliphatic carbocycles. The second-order valence-electron chi connectivity index (χ2n) is 5.42. The van der Waals surface area contributed by atoms with Crippen molar-refractivity contribution in [1.82, 2.24) is 0 Å². The molecule has 0 radical (unpaired) electrons. The highest BCUT2D eigenvalue weighted by molar-refractivity contribution is 7.87. The molecular formula is C19H15ClO4S. The summed E-state index contributed by atoms with van der Waals surface area (Å²) in [4.78, 5) is -0.121. The van der Waals surface area contributed by atoms with Gasteiger partial charge in [-0.05, 0) is 29.3 Å². The van der Waals surface area contributed by atoms with E-state index in [1.807, 2.05) is 30.3 Å². The maximum Gasteiger partial charge on any atom is 0.340 e. The van der Waals surface area contributed by atoms with E-state index in [0.29, 0.717) is 12.0 Å². The lowest BCUT2D eigenvalue weighted by molar-refractivity contribution is 0.459. The Hall–Kier alpha value is -2.50. The number of halogens is 1. The molecule has 3 aromatic carbocycles. The third-order valence-corrected chi connectivity index (χ3v) is 5.35. The van der Waals surface area contributed by atoms with Crippen molar-refractivity contribution in [3.63, 3.8) is 0 Å². The Bertz CT molecular complexity index is 985. The van der Waals surface area contributed by atoms with Gasteiger partial charge in [-0.1, -0.05) is 60.1 Å². The van der Waals surface area contributed by atoms with Crippen LogP contribution in [0.25, 0.3) is 0 Å². The summed E-state index contributed by atoms with van der Waals surface area (Å²) in [5, 5.41) is 10.3. The van der Waals surface area contributed by atoms with Crippen molar-refractivity contribution in [3.05, 3.63) is 88.9 Å². The van der Waals surface area contributed by atoms with Crippen molar-refractivity contribution in [2.45, 2.75) is 11.3 Å². The summed E-state index contributed by atoms with van der Waals surface area (Å²) in [6.45, 7) is 0. The summed E-state index contributed by atoms with van der Waals surface area (Å²) in [5.41, 5.74) is 1.71. The molecule has 0 atom stereocenters. The first kappa shape index (κ1) is 17.3. The van der Waals surface area contributed by atoms with Crippen molar-refractivity contribution >= 4 is 21.7 Å². The third kappa shape index (κ3) is 4.13. The van der Waals surface area contributed by atoms with Gasteiger partial charge < -0.3 is 9.29 Å². The number of aromatic hydroxyl groups is 1. The van der Waals surface area contributed by atoms with E-state index in [-0.39, 0.29) is 21.4 Å². The van der Waals surface area contributed by atoms with Gasteiger partial charge in [0.2, 0.25) is 0 Å². The first-order valence-corrected chi connectivity index (χ1v) is 9.29.